The Morgan fingerprint density at radius 3 is 2.38 bits per heavy atom. The predicted molar refractivity (Wildman–Crippen MR) is 112 cm³/mol. The predicted octanol–water partition coefficient (Wildman–Crippen LogP) is 4.27. The summed E-state index contributed by atoms with van der Waals surface area (Å²) in [5.41, 5.74) is 3.99. The molecule has 2 heterocycles. The summed E-state index contributed by atoms with van der Waals surface area (Å²) in [6.07, 6.45) is -4.00. The number of nitrogens with one attached hydrogen (secondary N) is 3. The van der Waals surface area contributed by atoms with E-state index in [2.05, 4.69) is 16.1 Å². The van der Waals surface area contributed by atoms with Crippen LogP contribution in [-0.2, 0) is 22.3 Å². The molecule has 2 aromatic carbocycles. The van der Waals surface area contributed by atoms with Crippen LogP contribution in [0.25, 0.3) is 5.70 Å². The van der Waals surface area contributed by atoms with Crippen LogP contribution in [0.15, 0.2) is 54.3 Å². The van der Waals surface area contributed by atoms with Crippen LogP contribution in [0.3, 0.4) is 0 Å². The number of hydrogen-bond acceptors (Lipinski definition) is 5. The van der Waals surface area contributed by atoms with Gasteiger partial charge in [0.15, 0.2) is 11.4 Å². The van der Waals surface area contributed by atoms with Gasteiger partial charge in [0.25, 0.3) is 0 Å². The fraction of sp³-hybridized carbons (Fsp3) is 0.348. The highest BCUT2D eigenvalue weighted by Crippen LogP contribution is 2.41. The van der Waals surface area contributed by atoms with Crippen molar-refractivity contribution >= 4 is 11.8 Å². The minimum absolute atomic E-state index is 0.278. The van der Waals surface area contributed by atoms with Crippen molar-refractivity contribution in [2.24, 2.45) is 0 Å². The summed E-state index contributed by atoms with van der Waals surface area (Å²) < 4.78 is 44.5. The molecule has 0 saturated carbocycles. The van der Waals surface area contributed by atoms with Gasteiger partial charge in [-0.05, 0) is 50.6 Å². The van der Waals surface area contributed by atoms with E-state index < -0.39 is 23.4 Å². The maximum atomic E-state index is 12.9. The van der Waals surface area contributed by atoms with Gasteiger partial charge in [-0.25, -0.2) is 4.79 Å². The molecule has 0 bridgehead atoms. The normalized spacial score (nSPS) is 17.9. The van der Waals surface area contributed by atoms with Crippen LogP contribution in [0.1, 0.15) is 35.1 Å². The van der Waals surface area contributed by atoms with E-state index in [1.807, 2.05) is 31.2 Å². The van der Waals surface area contributed by atoms with Crippen molar-refractivity contribution in [3.05, 3.63) is 76.5 Å². The smallest absolute Gasteiger partial charge is 0.409 e. The van der Waals surface area contributed by atoms with E-state index in [9.17, 15) is 18.0 Å². The van der Waals surface area contributed by atoms with Gasteiger partial charge in [-0.3, -0.25) is 10.3 Å². The van der Waals surface area contributed by atoms with Gasteiger partial charge in [0.2, 0.25) is 0 Å². The SMILES string of the molecule is Cc1ccc(CNC(=O)OC2=C(c3ccc(C(F)(F)F)cc3)NOC23CCNCC3)cc1. The third-order valence-electron chi connectivity index (χ3n) is 5.65. The van der Waals surface area contributed by atoms with Gasteiger partial charge in [-0.15, -0.1) is 0 Å². The minimum atomic E-state index is -4.43. The van der Waals surface area contributed by atoms with Crippen molar-refractivity contribution in [1.29, 1.82) is 0 Å². The van der Waals surface area contributed by atoms with Crippen LogP contribution in [0.4, 0.5) is 18.0 Å². The summed E-state index contributed by atoms with van der Waals surface area (Å²) in [6, 6.07) is 12.4. The van der Waals surface area contributed by atoms with Crippen molar-refractivity contribution in [3.63, 3.8) is 0 Å². The van der Waals surface area contributed by atoms with Gasteiger partial charge < -0.3 is 15.4 Å². The Balaban J connectivity index is 1.57. The number of carbonyl (C=O) groups is 1. The summed E-state index contributed by atoms with van der Waals surface area (Å²) in [7, 11) is 0. The van der Waals surface area contributed by atoms with Crippen LogP contribution < -0.4 is 16.1 Å². The molecule has 9 heteroatoms. The third kappa shape index (κ3) is 4.73. The van der Waals surface area contributed by atoms with Crippen LogP contribution in [0, 0.1) is 6.92 Å². The topological polar surface area (TPSA) is 71.6 Å². The molecule has 4 rings (SSSR count). The minimum Gasteiger partial charge on any atom is -0.409 e. The number of rotatable bonds is 4. The van der Waals surface area contributed by atoms with E-state index in [-0.39, 0.29) is 12.3 Å². The van der Waals surface area contributed by atoms with Crippen molar-refractivity contribution in [1.82, 2.24) is 16.1 Å². The second-order valence-corrected chi connectivity index (χ2v) is 7.96. The zero-order valence-electron chi connectivity index (χ0n) is 17.5. The van der Waals surface area contributed by atoms with Crippen molar-refractivity contribution in [2.45, 2.75) is 38.1 Å². The number of carbonyl (C=O) groups excluding carboxylic acids is 1. The largest absolute Gasteiger partial charge is 0.416 e. The van der Waals surface area contributed by atoms with Gasteiger partial charge in [-0.1, -0.05) is 42.0 Å². The standard InChI is InChI=1S/C23H24F3N3O3/c1-15-2-4-16(5-3-15)14-28-21(30)31-20-19(29-32-22(20)10-12-27-13-11-22)17-6-8-18(9-7-17)23(24,25)26/h2-9,27,29H,10-14H2,1H3,(H,28,30). The molecule has 2 aliphatic heterocycles. The fourth-order valence-electron chi connectivity index (χ4n) is 3.80. The summed E-state index contributed by atoms with van der Waals surface area (Å²) in [6.45, 7) is 3.57. The third-order valence-corrected chi connectivity index (χ3v) is 5.65. The number of amides is 1. The van der Waals surface area contributed by atoms with E-state index in [1.54, 1.807) is 0 Å². The van der Waals surface area contributed by atoms with Crippen molar-refractivity contribution < 1.29 is 27.5 Å². The number of piperidine rings is 1. The van der Waals surface area contributed by atoms with E-state index in [1.165, 1.54) is 12.1 Å². The van der Waals surface area contributed by atoms with Gasteiger partial charge in [0, 0.05) is 12.1 Å². The molecule has 2 aliphatic rings. The van der Waals surface area contributed by atoms with E-state index in [0.29, 0.717) is 37.2 Å². The summed E-state index contributed by atoms with van der Waals surface area (Å²) in [4.78, 5) is 18.5. The molecular formula is C23H24F3N3O3. The number of alkyl halides is 3. The molecule has 0 aliphatic carbocycles. The first-order chi connectivity index (χ1) is 15.3. The zero-order chi connectivity index (χ0) is 22.8. The second kappa shape index (κ2) is 8.84. The van der Waals surface area contributed by atoms with Crippen LogP contribution in [0.5, 0.6) is 0 Å². The number of halogens is 3. The lowest BCUT2D eigenvalue weighted by Crippen LogP contribution is -2.45. The molecule has 0 aromatic heterocycles. The average Bonchev–Trinajstić information content (AvgIpc) is 3.10. The molecule has 0 atom stereocenters. The maximum absolute atomic E-state index is 12.9. The number of hydrogen-bond donors (Lipinski definition) is 3. The molecule has 0 radical (unpaired) electrons. The molecule has 170 valence electrons. The molecule has 1 saturated heterocycles. The molecule has 0 unspecified atom stereocenters. The van der Waals surface area contributed by atoms with Gasteiger partial charge in [0.05, 0.1) is 5.56 Å². The Kier molecular flexibility index (Phi) is 6.12. The van der Waals surface area contributed by atoms with Crippen LogP contribution in [-0.4, -0.2) is 24.8 Å². The molecule has 1 fully saturated rings. The number of alkyl carbamates (subject to hydrolysis) is 1. The summed E-state index contributed by atoms with van der Waals surface area (Å²) in [5.74, 6) is 0.278. The number of benzene rings is 2. The Hall–Kier alpha value is -3.04. The maximum Gasteiger partial charge on any atom is 0.416 e. The van der Waals surface area contributed by atoms with Crippen LogP contribution >= 0.6 is 0 Å². The summed E-state index contributed by atoms with van der Waals surface area (Å²) in [5, 5.41) is 5.95. The highest BCUT2D eigenvalue weighted by Gasteiger charge is 2.47. The second-order valence-electron chi connectivity index (χ2n) is 7.96. The van der Waals surface area contributed by atoms with Gasteiger partial charge in [0.1, 0.15) is 5.70 Å². The number of hydroxylamine groups is 1. The molecule has 32 heavy (non-hydrogen) atoms. The van der Waals surface area contributed by atoms with Crippen molar-refractivity contribution in [2.75, 3.05) is 13.1 Å². The first-order valence-corrected chi connectivity index (χ1v) is 10.4. The Bertz CT molecular complexity index is 996. The van der Waals surface area contributed by atoms with E-state index >= 15 is 0 Å². The highest BCUT2D eigenvalue weighted by molar-refractivity contribution is 5.75. The fourth-order valence-corrected chi connectivity index (χ4v) is 3.80. The van der Waals surface area contributed by atoms with E-state index in [0.717, 1.165) is 23.3 Å². The molecule has 6 nitrogen and oxygen atoms in total. The summed E-state index contributed by atoms with van der Waals surface area (Å²) >= 11 is 0. The number of ether oxygens (including phenoxy) is 1. The van der Waals surface area contributed by atoms with Crippen molar-refractivity contribution in [3.8, 4) is 0 Å². The molecule has 2 aromatic rings. The van der Waals surface area contributed by atoms with Gasteiger partial charge >= 0.3 is 12.3 Å². The number of aryl methyl sites for hydroxylation is 1. The average molecular weight is 447 g/mol. The Labute approximate surface area is 183 Å². The first kappa shape index (κ1) is 22.2. The highest BCUT2D eigenvalue weighted by atomic mass is 19.4. The molecular weight excluding hydrogens is 423 g/mol. The quantitative estimate of drug-likeness (QED) is 0.653. The van der Waals surface area contributed by atoms with Crippen LogP contribution in [0.2, 0.25) is 0 Å². The Morgan fingerprint density at radius 1 is 1.09 bits per heavy atom. The lowest BCUT2D eigenvalue weighted by molar-refractivity contribution is -0.137. The molecule has 3 N–H and O–H groups in total. The van der Waals surface area contributed by atoms with Gasteiger partial charge in [-0.2, -0.15) is 13.2 Å². The lowest BCUT2D eigenvalue weighted by atomic mass is 9.89. The molecule has 1 amide bonds. The van der Waals surface area contributed by atoms with E-state index in [4.69, 9.17) is 9.57 Å². The lowest BCUT2D eigenvalue weighted by Gasteiger charge is -2.32. The first-order valence-electron chi connectivity index (χ1n) is 10.4. The molecule has 1 spiro atoms. The monoisotopic (exact) mass is 447 g/mol. The zero-order valence-corrected chi connectivity index (χ0v) is 17.5. The Morgan fingerprint density at radius 2 is 1.75 bits per heavy atom.